The zero-order valence-electron chi connectivity index (χ0n) is 10.6. The molecule has 18 heavy (non-hydrogen) atoms. The molecule has 0 unspecified atom stereocenters. The fourth-order valence-electron chi connectivity index (χ4n) is 1.42. The van der Waals surface area contributed by atoms with Crippen molar-refractivity contribution in [1.29, 1.82) is 0 Å². The number of carbonyl (C=O) groups is 1. The molecule has 4 nitrogen and oxygen atoms in total. The molecular weight excluding hydrogens is 268 g/mol. The minimum Gasteiger partial charge on any atom is -0.476 e. The summed E-state index contributed by atoms with van der Waals surface area (Å²) in [5.74, 6) is -0.985. The van der Waals surface area contributed by atoms with Crippen LogP contribution < -0.4 is 0 Å². The molecule has 0 aliphatic rings. The second-order valence-electron chi connectivity index (χ2n) is 5.02. The average Bonchev–Trinajstić information content (AvgIpc) is 2.81. The Morgan fingerprint density at radius 1 is 1.33 bits per heavy atom. The van der Waals surface area contributed by atoms with Crippen LogP contribution in [-0.2, 0) is 5.41 Å². The van der Waals surface area contributed by atoms with Crippen LogP contribution in [0.5, 0.6) is 0 Å². The van der Waals surface area contributed by atoms with Crippen molar-refractivity contribution in [2.75, 3.05) is 0 Å². The van der Waals surface area contributed by atoms with E-state index in [1.165, 1.54) is 11.3 Å². The van der Waals surface area contributed by atoms with Crippen molar-refractivity contribution in [2.45, 2.75) is 33.1 Å². The SMILES string of the molecule is Cc1sc(-c2csc(C(C)(C)C)n2)nc1C(=O)O. The van der Waals surface area contributed by atoms with E-state index < -0.39 is 5.97 Å². The van der Waals surface area contributed by atoms with Crippen LogP contribution in [0, 0.1) is 6.92 Å². The summed E-state index contributed by atoms with van der Waals surface area (Å²) in [7, 11) is 0. The van der Waals surface area contributed by atoms with Gasteiger partial charge in [-0.3, -0.25) is 0 Å². The van der Waals surface area contributed by atoms with Crippen LogP contribution in [0.15, 0.2) is 5.38 Å². The number of hydrogen-bond acceptors (Lipinski definition) is 5. The molecule has 0 atom stereocenters. The number of aromatic nitrogens is 2. The first-order valence-corrected chi connectivity index (χ1v) is 7.16. The molecule has 2 rings (SSSR count). The van der Waals surface area contributed by atoms with Crippen molar-refractivity contribution < 1.29 is 9.90 Å². The Balaban J connectivity index is 2.41. The molecule has 0 radical (unpaired) electrons. The van der Waals surface area contributed by atoms with Crippen molar-refractivity contribution in [1.82, 2.24) is 9.97 Å². The van der Waals surface area contributed by atoms with Crippen molar-refractivity contribution in [3.05, 3.63) is 21.0 Å². The topological polar surface area (TPSA) is 63.1 Å². The lowest BCUT2D eigenvalue weighted by atomic mass is 9.98. The van der Waals surface area contributed by atoms with Gasteiger partial charge in [-0.2, -0.15) is 0 Å². The number of carboxylic acids is 1. The Bertz CT molecular complexity index is 593. The first kappa shape index (κ1) is 13.2. The van der Waals surface area contributed by atoms with Crippen molar-refractivity contribution >= 4 is 28.6 Å². The lowest BCUT2D eigenvalue weighted by molar-refractivity contribution is 0.0690. The first-order valence-electron chi connectivity index (χ1n) is 5.46. The Morgan fingerprint density at radius 3 is 2.44 bits per heavy atom. The number of aryl methyl sites for hydroxylation is 1. The van der Waals surface area contributed by atoms with E-state index in [-0.39, 0.29) is 11.1 Å². The summed E-state index contributed by atoms with van der Waals surface area (Å²) in [5, 5.41) is 12.6. The summed E-state index contributed by atoms with van der Waals surface area (Å²) in [6.45, 7) is 8.07. The zero-order valence-corrected chi connectivity index (χ0v) is 12.3. The lowest BCUT2D eigenvalue weighted by Gasteiger charge is -2.13. The summed E-state index contributed by atoms with van der Waals surface area (Å²) >= 11 is 2.95. The molecule has 2 aromatic heterocycles. The van der Waals surface area contributed by atoms with Crippen LogP contribution >= 0.6 is 22.7 Å². The molecule has 0 aromatic carbocycles. The Kier molecular flexibility index (Phi) is 3.25. The van der Waals surface area contributed by atoms with Crippen molar-refractivity contribution in [3.63, 3.8) is 0 Å². The normalized spacial score (nSPS) is 11.8. The molecule has 0 saturated heterocycles. The molecule has 0 fully saturated rings. The maximum atomic E-state index is 11.0. The van der Waals surface area contributed by atoms with E-state index in [1.54, 1.807) is 18.3 Å². The molecule has 2 heterocycles. The highest BCUT2D eigenvalue weighted by Gasteiger charge is 2.21. The van der Waals surface area contributed by atoms with E-state index in [4.69, 9.17) is 5.11 Å². The number of thiazole rings is 2. The zero-order chi connectivity index (χ0) is 13.5. The number of aromatic carboxylic acids is 1. The molecule has 2 aromatic rings. The van der Waals surface area contributed by atoms with Gasteiger partial charge >= 0.3 is 5.97 Å². The van der Waals surface area contributed by atoms with Gasteiger partial charge in [0.1, 0.15) is 10.7 Å². The van der Waals surface area contributed by atoms with Crippen LogP contribution in [-0.4, -0.2) is 21.0 Å². The van der Waals surface area contributed by atoms with Gasteiger partial charge in [0, 0.05) is 15.7 Å². The van der Waals surface area contributed by atoms with Crippen LogP contribution in [0.3, 0.4) is 0 Å². The summed E-state index contributed by atoms with van der Waals surface area (Å²) in [6.07, 6.45) is 0. The predicted octanol–water partition coefficient (Wildman–Crippen LogP) is 3.57. The predicted molar refractivity (Wildman–Crippen MR) is 73.6 cm³/mol. The Morgan fingerprint density at radius 2 is 2.00 bits per heavy atom. The average molecular weight is 282 g/mol. The molecule has 0 spiro atoms. The Labute approximate surface area is 113 Å². The Hall–Kier alpha value is -1.27. The number of hydrogen-bond donors (Lipinski definition) is 1. The molecule has 0 aliphatic carbocycles. The fraction of sp³-hybridized carbons (Fsp3) is 0.417. The van der Waals surface area contributed by atoms with E-state index in [1.807, 2.05) is 5.38 Å². The van der Waals surface area contributed by atoms with E-state index in [0.717, 1.165) is 10.7 Å². The van der Waals surface area contributed by atoms with Gasteiger partial charge in [0.2, 0.25) is 0 Å². The van der Waals surface area contributed by atoms with Gasteiger partial charge in [0.05, 0.1) is 5.01 Å². The highest BCUT2D eigenvalue weighted by molar-refractivity contribution is 7.16. The van der Waals surface area contributed by atoms with E-state index in [2.05, 4.69) is 30.7 Å². The molecule has 6 heteroatoms. The second kappa shape index (κ2) is 4.44. The summed E-state index contributed by atoms with van der Waals surface area (Å²) in [5.41, 5.74) is 0.899. The minimum absolute atomic E-state index is 0.00481. The smallest absolute Gasteiger partial charge is 0.355 e. The third-order valence-electron chi connectivity index (χ3n) is 2.36. The first-order chi connectivity index (χ1) is 8.29. The van der Waals surface area contributed by atoms with Gasteiger partial charge in [-0.15, -0.1) is 22.7 Å². The third kappa shape index (κ3) is 2.44. The lowest BCUT2D eigenvalue weighted by Crippen LogP contribution is -2.10. The highest BCUT2D eigenvalue weighted by Crippen LogP contribution is 2.32. The maximum absolute atomic E-state index is 11.0. The molecule has 0 amide bonds. The van der Waals surface area contributed by atoms with E-state index >= 15 is 0 Å². The van der Waals surface area contributed by atoms with E-state index in [9.17, 15) is 4.79 Å². The standard InChI is InChI=1S/C12H14N2O2S2/c1-6-8(10(15)16)14-9(18-6)7-5-17-11(13-7)12(2,3)4/h5H,1-4H3,(H,15,16). The maximum Gasteiger partial charge on any atom is 0.355 e. The second-order valence-corrected chi connectivity index (χ2v) is 7.08. The van der Waals surface area contributed by atoms with Gasteiger partial charge in [-0.1, -0.05) is 20.8 Å². The van der Waals surface area contributed by atoms with Gasteiger partial charge in [0.25, 0.3) is 0 Å². The monoisotopic (exact) mass is 282 g/mol. The molecule has 1 N–H and O–H groups in total. The van der Waals surface area contributed by atoms with E-state index in [0.29, 0.717) is 9.88 Å². The summed E-state index contributed by atoms with van der Waals surface area (Å²) in [6, 6.07) is 0. The number of nitrogens with zero attached hydrogens (tertiary/aromatic N) is 2. The molecule has 96 valence electrons. The van der Waals surface area contributed by atoms with Gasteiger partial charge in [-0.05, 0) is 6.92 Å². The summed E-state index contributed by atoms with van der Waals surface area (Å²) in [4.78, 5) is 20.3. The van der Waals surface area contributed by atoms with Gasteiger partial charge in [0.15, 0.2) is 5.69 Å². The summed E-state index contributed by atoms with van der Waals surface area (Å²) < 4.78 is 0. The number of rotatable bonds is 2. The van der Waals surface area contributed by atoms with Crippen molar-refractivity contribution in [3.8, 4) is 10.7 Å². The van der Waals surface area contributed by atoms with Crippen molar-refractivity contribution in [2.24, 2.45) is 0 Å². The fourth-order valence-corrected chi connectivity index (χ4v) is 3.25. The van der Waals surface area contributed by atoms with Gasteiger partial charge in [-0.25, -0.2) is 14.8 Å². The van der Waals surface area contributed by atoms with Crippen LogP contribution in [0.2, 0.25) is 0 Å². The molecular formula is C12H14N2O2S2. The number of carboxylic acid groups (broad SMARTS) is 1. The molecule has 0 bridgehead atoms. The van der Waals surface area contributed by atoms with Crippen LogP contribution in [0.4, 0.5) is 0 Å². The minimum atomic E-state index is -0.985. The quantitative estimate of drug-likeness (QED) is 0.914. The molecule has 0 aliphatic heterocycles. The van der Waals surface area contributed by atoms with Crippen LogP contribution in [0.25, 0.3) is 10.7 Å². The third-order valence-corrected chi connectivity index (χ3v) is 4.63. The van der Waals surface area contributed by atoms with Crippen LogP contribution in [0.1, 0.15) is 41.1 Å². The molecule has 0 saturated carbocycles. The van der Waals surface area contributed by atoms with Gasteiger partial charge < -0.3 is 5.11 Å². The largest absolute Gasteiger partial charge is 0.476 e. The highest BCUT2D eigenvalue weighted by atomic mass is 32.1.